The average molecular weight is 408 g/mol. The highest BCUT2D eigenvalue weighted by atomic mass is 16.5. The maximum Gasteiger partial charge on any atom is 0.376 e. The van der Waals surface area contributed by atoms with Crippen LogP contribution in [0.3, 0.4) is 0 Å². The molecule has 2 heterocycles. The Hall–Kier alpha value is -2.86. The molecular weight excluding hydrogens is 376 g/mol. The Morgan fingerprint density at radius 1 is 1.20 bits per heavy atom. The lowest BCUT2D eigenvalue weighted by atomic mass is 9.94. The van der Waals surface area contributed by atoms with Gasteiger partial charge in [-0.05, 0) is 32.9 Å². The summed E-state index contributed by atoms with van der Waals surface area (Å²) in [6, 6.07) is 19.3. The third-order valence-corrected chi connectivity index (χ3v) is 6.34. The summed E-state index contributed by atoms with van der Waals surface area (Å²) >= 11 is 0. The van der Waals surface area contributed by atoms with E-state index in [9.17, 15) is 4.79 Å². The first-order chi connectivity index (χ1) is 14.4. The van der Waals surface area contributed by atoms with Gasteiger partial charge in [0.25, 0.3) is 0 Å². The van der Waals surface area contributed by atoms with Gasteiger partial charge < -0.3 is 14.5 Å². The number of aryl methyl sites for hydroxylation is 1. The SMILES string of the molecule is CCOC(=O)C1=NN(c2ccc(C)cc2)[C@]2(C)CC(c3ccccc3)[NH+](C)CCN12. The Morgan fingerprint density at radius 2 is 1.90 bits per heavy atom. The number of nitrogens with one attached hydrogen (secondary N) is 1. The minimum Gasteiger partial charge on any atom is -0.460 e. The molecule has 1 saturated heterocycles. The summed E-state index contributed by atoms with van der Waals surface area (Å²) in [5.74, 6) is 0.0515. The van der Waals surface area contributed by atoms with E-state index in [4.69, 9.17) is 9.84 Å². The molecule has 6 heteroatoms. The van der Waals surface area contributed by atoms with Crippen LogP contribution < -0.4 is 9.91 Å². The van der Waals surface area contributed by atoms with E-state index in [0.717, 1.165) is 25.2 Å². The normalized spacial score (nSPS) is 26.1. The van der Waals surface area contributed by atoms with E-state index in [-0.39, 0.29) is 5.97 Å². The van der Waals surface area contributed by atoms with Crippen LogP contribution >= 0.6 is 0 Å². The van der Waals surface area contributed by atoms with Crippen LogP contribution in [-0.2, 0) is 9.53 Å². The van der Waals surface area contributed by atoms with Gasteiger partial charge in [-0.25, -0.2) is 9.80 Å². The smallest absolute Gasteiger partial charge is 0.376 e. The second-order valence-corrected chi connectivity index (χ2v) is 8.42. The summed E-state index contributed by atoms with van der Waals surface area (Å²) in [5, 5.41) is 6.83. The zero-order chi connectivity index (χ0) is 21.3. The van der Waals surface area contributed by atoms with E-state index in [1.54, 1.807) is 0 Å². The van der Waals surface area contributed by atoms with E-state index in [2.05, 4.69) is 80.4 Å². The predicted octanol–water partition coefficient (Wildman–Crippen LogP) is 2.37. The number of amidine groups is 1. The van der Waals surface area contributed by atoms with Gasteiger partial charge >= 0.3 is 5.97 Å². The van der Waals surface area contributed by atoms with Gasteiger partial charge in [0.05, 0.1) is 32.4 Å². The molecule has 30 heavy (non-hydrogen) atoms. The van der Waals surface area contributed by atoms with Crippen molar-refractivity contribution in [2.75, 3.05) is 31.8 Å². The van der Waals surface area contributed by atoms with Gasteiger partial charge in [-0.1, -0.05) is 48.0 Å². The zero-order valence-electron chi connectivity index (χ0n) is 18.3. The third kappa shape index (κ3) is 3.56. The van der Waals surface area contributed by atoms with Gasteiger partial charge in [0, 0.05) is 12.0 Å². The van der Waals surface area contributed by atoms with Gasteiger partial charge in [0.1, 0.15) is 11.7 Å². The van der Waals surface area contributed by atoms with Gasteiger partial charge in [-0.15, -0.1) is 5.10 Å². The molecule has 0 bridgehead atoms. The maximum atomic E-state index is 12.8. The van der Waals surface area contributed by atoms with E-state index >= 15 is 0 Å². The van der Waals surface area contributed by atoms with Crippen LogP contribution in [-0.4, -0.2) is 49.1 Å². The third-order valence-electron chi connectivity index (χ3n) is 6.34. The van der Waals surface area contributed by atoms with Crippen molar-refractivity contribution < 1.29 is 14.4 Å². The molecule has 0 aliphatic carbocycles. The minimum atomic E-state index is -0.463. The first kappa shape index (κ1) is 20.4. The topological polar surface area (TPSA) is 49.6 Å². The van der Waals surface area contributed by atoms with Crippen LogP contribution in [0, 0.1) is 6.92 Å². The van der Waals surface area contributed by atoms with E-state index in [1.807, 2.05) is 11.9 Å². The Bertz CT molecular complexity index is 928. The highest BCUT2D eigenvalue weighted by Crippen LogP contribution is 2.39. The maximum absolute atomic E-state index is 12.8. The van der Waals surface area contributed by atoms with Gasteiger partial charge in [-0.3, -0.25) is 0 Å². The monoisotopic (exact) mass is 407 g/mol. The van der Waals surface area contributed by atoms with E-state index in [0.29, 0.717) is 18.5 Å². The molecule has 2 aliphatic heterocycles. The summed E-state index contributed by atoms with van der Waals surface area (Å²) in [6.45, 7) is 8.09. The number of esters is 1. The molecular formula is C24H31N4O2+. The summed E-state index contributed by atoms with van der Waals surface area (Å²) in [4.78, 5) is 16.4. The molecule has 2 aliphatic rings. The fourth-order valence-corrected chi connectivity index (χ4v) is 4.62. The van der Waals surface area contributed by atoms with Crippen molar-refractivity contribution in [1.29, 1.82) is 0 Å². The molecule has 3 atom stereocenters. The largest absolute Gasteiger partial charge is 0.460 e. The summed E-state index contributed by atoms with van der Waals surface area (Å²) in [6.07, 6.45) is 0.836. The number of ether oxygens (including phenoxy) is 1. The number of nitrogens with zero attached hydrogens (tertiary/aromatic N) is 3. The van der Waals surface area contributed by atoms with Crippen molar-refractivity contribution in [2.24, 2.45) is 5.10 Å². The number of benzene rings is 2. The zero-order valence-corrected chi connectivity index (χ0v) is 18.3. The summed E-state index contributed by atoms with van der Waals surface area (Å²) < 4.78 is 5.36. The van der Waals surface area contributed by atoms with Crippen LogP contribution in [0.4, 0.5) is 5.69 Å². The number of carbonyl (C=O) groups excluding carboxylic acids is 1. The molecule has 6 nitrogen and oxygen atoms in total. The minimum absolute atomic E-state index is 0.297. The van der Waals surface area contributed by atoms with Crippen molar-refractivity contribution in [3.8, 4) is 0 Å². The molecule has 0 amide bonds. The number of rotatable bonds is 4. The van der Waals surface area contributed by atoms with Gasteiger partial charge in [-0.2, -0.15) is 0 Å². The number of hydrazone groups is 1. The predicted molar refractivity (Wildman–Crippen MR) is 118 cm³/mol. The lowest BCUT2D eigenvalue weighted by Gasteiger charge is -2.40. The highest BCUT2D eigenvalue weighted by Gasteiger charge is 2.52. The molecule has 1 fully saturated rings. The average Bonchev–Trinajstić information content (AvgIpc) is 2.96. The Morgan fingerprint density at radius 3 is 2.57 bits per heavy atom. The molecule has 2 aromatic carbocycles. The molecule has 158 valence electrons. The molecule has 0 saturated carbocycles. The first-order valence-electron chi connectivity index (χ1n) is 10.7. The van der Waals surface area contributed by atoms with E-state index < -0.39 is 5.66 Å². The first-order valence-corrected chi connectivity index (χ1v) is 10.7. The number of likely N-dealkylation sites (N-methyl/N-ethyl adjacent to an activating group) is 1. The second kappa shape index (κ2) is 8.11. The molecule has 2 unspecified atom stereocenters. The van der Waals surface area contributed by atoms with E-state index in [1.165, 1.54) is 16.0 Å². The molecule has 1 N–H and O–H groups in total. The second-order valence-electron chi connectivity index (χ2n) is 8.42. The van der Waals surface area contributed by atoms with Crippen molar-refractivity contribution in [3.05, 3.63) is 65.7 Å². The number of quaternary nitrogens is 1. The van der Waals surface area contributed by atoms with Crippen molar-refractivity contribution in [2.45, 2.75) is 38.9 Å². The lowest BCUT2D eigenvalue weighted by Crippen LogP contribution is -3.09. The number of hydrogen-bond acceptors (Lipinski definition) is 5. The van der Waals surface area contributed by atoms with Gasteiger partial charge in [0.2, 0.25) is 5.84 Å². The highest BCUT2D eigenvalue weighted by molar-refractivity contribution is 6.36. The molecule has 0 radical (unpaired) electrons. The van der Waals surface area contributed by atoms with Crippen molar-refractivity contribution in [3.63, 3.8) is 0 Å². The van der Waals surface area contributed by atoms with Gasteiger partial charge in [0.15, 0.2) is 0 Å². The Balaban J connectivity index is 1.78. The quantitative estimate of drug-likeness (QED) is 0.791. The van der Waals surface area contributed by atoms with Crippen LogP contribution in [0.1, 0.15) is 37.4 Å². The molecule has 0 spiro atoms. The standard InChI is InChI=1S/C24H30N4O2/c1-5-30-23(29)22-25-28(20-13-11-18(2)12-14-20)24(3)17-21(19-9-7-6-8-10-19)26(4)15-16-27(22)24/h6-14,21H,5,15-17H2,1-4H3/p+1/t21?,24-/m1/s1. The molecule has 0 aromatic heterocycles. The number of hydrogen-bond donors (Lipinski definition) is 1. The Labute approximate surface area is 178 Å². The Kier molecular flexibility index (Phi) is 5.52. The number of anilines is 1. The van der Waals surface area contributed by atoms with Crippen LogP contribution in [0.25, 0.3) is 0 Å². The van der Waals surface area contributed by atoms with Crippen molar-refractivity contribution >= 4 is 17.5 Å². The van der Waals surface area contributed by atoms with Crippen LogP contribution in [0.5, 0.6) is 0 Å². The van der Waals surface area contributed by atoms with Crippen LogP contribution in [0.2, 0.25) is 0 Å². The number of fused-ring (bicyclic) bond motifs is 1. The fraction of sp³-hybridized carbons (Fsp3) is 0.417. The number of carbonyl (C=O) groups is 1. The fourth-order valence-electron chi connectivity index (χ4n) is 4.62. The molecule has 2 aromatic rings. The summed E-state index contributed by atoms with van der Waals surface area (Å²) in [7, 11) is 2.24. The lowest BCUT2D eigenvalue weighted by molar-refractivity contribution is -0.910. The van der Waals surface area contributed by atoms with Crippen molar-refractivity contribution in [1.82, 2.24) is 4.90 Å². The summed E-state index contributed by atoms with van der Waals surface area (Å²) in [5.41, 5.74) is 3.03. The molecule has 4 rings (SSSR count). The van der Waals surface area contributed by atoms with Crippen LogP contribution in [0.15, 0.2) is 59.7 Å².